The standard InChI is InChI=1S/C26H28ClN5O4.C25H27ClN4O3.C24H20ClF5N4O3.C23H20Cl2F2N4O3/c1-29-23-22(24(33)30(2)26(29)34)32(11-10-18-6-8-20(27)9-7-18)25(28-23)36-21-5-3-4-19(16-21)17-31-12-14-35-15-13-31;1-25(2,3)17-8-12-19(13-9-17)33-23-27-21-20(22(31)29(5)24(32)28(21)4)30(23)15-14-16-6-10-18(26)11-7-16;1-23(26,27)14-10-15(24(28,29)30)12-17(11-14)37-21-31-19-18(20(35)33(3)22(36)32(19)2)34(21)9-8-13-4-6-16(25)7-5-13;1-23(26,27)16-12-15(8-9-17(16)25)34-21-28-19-18(20(32)30(3)22(33)29(19)2)31(21)11-10-13-4-6-14(24)7-5-13/h3-9,16H,10-15,17H2,1-2H3;6-13H,14-15H2,1-5H3;4-7,10-12H,8-9H2,1-3H3;4-9,12H,10-11H2,1-3H3. The number of fused-ring (bicyclic) bond motifs is 4. The lowest BCUT2D eigenvalue weighted by Crippen LogP contribution is -2.37. The molecule has 0 bridgehead atoms. The van der Waals surface area contributed by atoms with Crippen LogP contribution in [-0.4, -0.2) is 106 Å². The third-order valence-electron chi connectivity index (χ3n) is 23.5. The predicted molar refractivity (Wildman–Crippen MR) is 521 cm³/mol. The van der Waals surface area contributed by atoms with Crippen molar-refractivity contribution >= 4 is 103 Å². The molecule has 0 spiro atoms. The molecule has 42 heteroatoms. The summed E-state index contributed by atoms with van der Waals surface area (Å²) in [6, 6.07) is 50.5. The van der Waals surface area contributed by atoms with E-state index in [-0.39, 0.29) is 75.6 Å². The van der Waals surface area contributed by atoms with Crippen LogP contribution in [0.25, 0.3) is 44.7 Å². The molecule has 0 unspecified atom stereocenters. The molecule has 8 aromatic carbocycles. The highest BCUT2D eigenvalue weighted by molar-refractivity contribution is 6.32. The van der Waals surface area contributed by atoms with Crippen molar-refractivity contribution in [3.8, 4) is 47.0 Å². The van der Waals surface area contributed by atoms with E-state index >= 15 is 0 Å². The van der Waals surface area contributed by atoms with Gasteiger partial charge in [-0.1, -0.05) is 152 Å². The van der Waals surface area contributed by atoms with Crippen LogP contribution >= 0.6 is 58.0 Å². The number of hydrogen-bond acceptors (Lipinski definition) is 18. The number of imidazole rings is 4. The largest absolute Gasteiger partial charge is 0.425 e. The van der Waals surface area contributed by atoms with E-state index in [1.807, 2.05) is 103 Å². The van der Waals surface area contributed by atoms with E-state index < -0.39 is 85.5 Å². The van der Waals surface area contributed by atoms with Crippen molar-refractivity contribution in [3.63, 3.8) is 0 Å². The molecule has 0 saturated carbocycles. The molecule has 0 atom stereocenters. The lowest BCUT2D eigenvalue weighted by molar-refractivity contribution is -0.137. The topological polar surface area (TPSA) is 297 Å². The fourth-order valence-corrected chi connectivity index (χ4v) is 16.4. The highest BCUT2D eigenvalue weighted by Crippen LogP contribution is 2.41. The van der Waals surface area contributed by atoms with E-state index in [0.29, 0.717) is 112 Å². The summed E-state index contributed by atoms with van der Waals surface area (Å²) in [4.78, 5) is 122. The van der Waals surface area contributed by atoms with Crippen LogP contribution in [0.5, 0.6) is 47.0 Å². The first-order valence-corrected chi connectivity index (χ1v) is 45.6. The van der Waals surface area contributed by atoms with Crippen LogP contribution in [0, 0.1) is 0 Å². The second-order valence-corrected chi connectivity index (χ2v) is 36.7. The van der Waals surface area contributed by atoms with Crippen LogP contribution in [0.1, 0.15) is 84.7 Å². The van der Waals surface area contributed by atoms with Crippen LogP contribution in [0.3, 0.4) is 0 Å². The summed E-state index contributed by atoms with van der Waals surface area (Å²) in [5.74, 6) is -6.06. The van der Waals surface area contributed by atoms with Crippen LogP contribution in [0.15, 0.2) is 220 Å². The van der Waals surface area contributed by atoms with Gasteiger partial charge in [-0.05, 0) is 174 Å². The molecule has 140 heavy (non-hydrogen) atoms. The van der Waals surface area contributed by atoms with Crippen molar-refractivity contribution in [3.05, 3.63) is 341 Å². The Morgan fingerprint density at radius 3 is 0.964 bits per heavy atom. The SMILES string of the molecule is Cn1c(=O)c2c(nc(Oc3cc(C(C)(F)F)cc(C(F)(F)F)c3)n2CCc2ccc(Cl)cc2)n(C)c1=O.Cn1c(=O)c2c(nc(Oc3ccc(C(C)(C)C)cc3)n2CCc2ccc(Cl)cc2)n(C)c1=O.Cn1c(=O)c2c(nc(Oc3ccc(Cl)c(C(C)(F)F)c3)n2CCc2ccc(Cl)cc2)n(C)c1=O.Cn1c(=O)c2c(nc(Oc3cccc(CN4CCOCC4)c3)n2CCc2ccc(Cl)cc2)n(C)c1=O. The summed E-state index contributed by atoms with van der Waals surface area (Å²) < 4.78 is 141. The highest BCUT2D eigenvalue weighted by atomic mass is 35.5. The monoisotopic (exact) mass is 2030 g/mol. The number of ether oxygens (including phenoxy) is 5. The number of rotatable bonds is 24. The van der Waals surface area contributed by atoms with Gasteiger partial charge in [0.1, 0.15) is 23.0 Å². The van der Waals surface area contributed by atoms with Gasteiger partial charge < -0.3 is 23.7 Å². The fraction of sp³-hybridized carbons (Fsp3) is 0.306. The van der Waals surface area contributed by atoms with Crippen LogP contribution in [-0.2, 0) is 143 Å². The maximum absolute atomic E-state index is 14.0. The van der Waals surface area contributed by atoms with Crippen LogP contribution in [0.2, 0.25) is 25.1 Å². The Morgan fingerprint density at radius 1 is 0.329 bits per heavy atom. The molecule has 9 heterocycles. The number of nitrogens with zero attached hydrogens (tertiary/aromatic N) is 17. The molecule has 1 aliphatic heterocycles. The van der Waals surface area contributed by atoms with Gasteiger partial charge in [0.15, 0.2) is 44.7 Å². The molecule has 8 aromatic heterocycles. The van der Waals surface area contributed by atoms with Crippen molar-refractivity contribution in [2.24, 2.45) is 56.4 Å². The average Bonchev–Trinajstić information content (AvgIpc) is 1.61. The van der Waals surface area contributed by atoms with E-state index in [1.165, 1.54) is 82.8 Å². The summed E-state index contributed by atoms with van der Waals surface area (Å²) in [7, 11) is 11.6. The Morgan fingerprint density at radius 2 is 0.643 bits per heavy atom. The van der Waals surface area contributed by atoms with Crippen molar-refractivity contribution in [2.75, 3.05) is 26.3 Å². The van der Waals surface area contributed by atoms with E-state index in [1.54, 1.807) is 59.6 Å². The lowest BCUT2D eigenvalue weighted by atomic mass is 9.87. The van der Waals surface area contributed by atoms with Gasteiger partial charge >= 0.3 is 53.0 Å². The number of halogens is 12. The van der Waals surface area contributed by atoms with Gasteiger partial charge in [0.05, 0.1) is 18.8 Å². The first-order chi connectivity index (χ1) is 66.1. The molecule has 17 rings (SSSR count). The number of hydrogen-bond donors (Lipinski definition) is 0. The minimum Gasteiger partial charge on any atom is -0.425 e. The molecule has 0 N–H and O–H groups in total. The quantitative estimate of drug-likeness (QED) is 0.0508. The number of aromatic nitrogens is 16. The first kappa shape index (κ1) is 102. The Hall–Kier alpha value is -13.6. The Bertz CT molecular complexity index is 7840. The van der Waals surface area contributed by atoms with Crippen molar-refractivity contribution < 1.29 is 54.4 Å². The van der Waals surface area contributed by atoms with E-state index in [2.05, 4.69) is 51.7 Å². The minimum absolute atomic E-state index is 0.0186. The fourth-order valence-electron chi connectivity index (χ4n) is 15.6. The third-order valence-corrected chi connectivity index (χ3v) is 24.9. The van der Waals surface area contributed by atoms with Gasteiger partial charge in [-0.15, -0.1) is 0 Å². The van der Waals surface area contributed by atoms with Gasteiger partial charge in [-0.3, -0.25) is 78.9 Å². The molecule has 0 aliphatic carbocycles. The summed E-state index contributed by atoms with van der Waals surface area (Å²) in [5.41, 5.74) is 0.754. The van der Waals surface area contributed by atoms with Gasteiger partial charge in [-0.2, -0.15) is 33.1 Å². The van der Waals surface area contributed by atoms with Gasteiger partial charge in [0, 0.05) is 152 Å². The number of aryl methyl sites for hydroxylation is 12. The maximum atomic E-state index is 14.0. The molecular weight excluding hydrogens is 1930 g/mol. The second kappa shape index (κ2) is 41.9. The molecular formula is C98H95Cl5F7N17O13. The zero-order valence-electron chi connectivity index (χ0n) is 78.0. The third kappa shape index (κ3) is 22.9. The summed E-state index contributed by atoms with van der Waals surface area (Å²) >= 11 is 29.8. The van der Waals surface area contributed by atoms with E-state index in [9.17, 15) is 69.1 Å². The van der Waals surface area contributed by atoms with Crippen LogP contribution < -0.4 is 63.9 Å². The average molecular weight is 2030 g/mol. The van der Waals surface area contributed by atoms with Gasteiger partial charge in [-0.25, -0.2) is 36.7 Å². The Balaban J connectivity index is 0.000000149. The summed E-state index contributed by atoms with van der Waals surface area (Å²) in [6.07, 6.45) is -2.85. The zero-order chi connectivity index (χ0) is 101. The van der Waals surface area contributed by atoms with Crippen LogP contribution in [0.4, 0.5) is 30.7 Å². The van der Waals surface area contributed by atoms with Crippen molar-refractivity contribution in [1.82, 2.24) is 79.6 Å². The number of morpholine rings is 1. The zero-order valence-corrected chi connectivity index (χ0v) is 81.7. The van der Waals surface area contributed by atoms with Gasteiger partial charge in [0.25, 0.3) is 34.1 Å². The molecule has 16 aromatic rings. The smallest absolute Gasteiger partial charge is 0.416 e. The molecule has 1 fully saturated rings. The van der Waals surface area contributed by atoms with Crippen molar-refractivity contribution in [2.45, 2.75) is 116 Å². The second-order valence-electron chi connectivity index (χ2n) is 34.6. The molecule has 1 aliphatic rings. The molecule has 734 valence electrons. The highest BCUT2D eigenvalue weighted by Gasteiger charge is 2.37. The Labute approximate surface area is 818 Å². The minimum atomic E-state index is -4.92. The normalized spacial score (nSPS) is 12.6. The number of benzene rings is 8. The van der Waals surface area contributed by atoms with Crippen molar-refractivity contribution in [1.29, 1.82) is 0 Å². The maximum Gasteiger partial charge on any atom is 0.416 e. The predicted octanol–water partition coefficient (Wildman–Crippen LogP) is 17.5. The first-order valence-electron chi connectivity index (χ1n) is 43.7. The molecule has 1 saturated heterocycles. The van der Waals surface area contributed by atoms with E-state index in [0.717, 1.165) is 103 Å². The summed E-state index contributed by atoms with van der Waals surface area (Å²) in [6.45, 7) is 12.9. The Kier molecular flexibility index (Phi) is 30.6. The van der Waals surface area contributed by atoms with E-state index in [4.69, 9.17) is 81.7 Å². The molecule has 0 radical (unpaired) electrons. The number of alkyl halides is 7. The van der Waals surface area contributed by atoms with Gasteiger partial charge in [0.2, 0.25) is 0 Å². The lowest BCUT2D eigenvalue weighted by Gasteiger charge is -2.26. The molecule has 30 nitrogen and oxygen atoms in total. The summed E-state index contributed by atoms with van der Waals surface area (Å²) in [5, 5.41) is 2.33. The molecule has 0 amide bonds.